The van der Waals surface area contributed by atoms with Crippen molar-refractivity contribution in [1.82, 2.24) is 5.32 Å². The molecule has 1 aliphatic heterocycles. The zero-order valence-corrected chi connectivity index (χ0v) is 7.75. The number of carboxylic acids is 1. The van der Waals surface area contributed by atoms with Crippen LogP contribution < -0.4 is 5.32 Å². The minimum atomic E-state index is -0.813. The molecule has 0 saturated carbocycles. The lowest BCUT2D eigenvalue weighted by Crippen LogP contribution is -2.26. The van der Waals surface area contributed by atoms with E-state index in [1.165, 1.54) is 0 Å². The van der Waals surface area contributed by atoms with Crippen LogP contribution in [-0.4, -0.2) is 23.5 Å². The largest absolute Gasteiger partial charge is 0.481 e. The molecule has 1 heterocycles. The van der Waals surface area contributed by atoms with E-state index in [1.54, 1.807) is 0 Å². The van der Waals surface area contributed by atoms with Crippen LogP contribution in [0.3, 0.4) is 0 Å². The molecule has 1 rings (SSSR count). The second-order valence-corrected chi connectivity index (χ2v) is 3.45. The van der Waals surface area contributed by atoms with Crippen LogP contribution in [0.4, 0.5) is 0 Å². The fraction of sp³-hybridized carbons (Fsp3) is 0.778. The first-order valence-corrected chi connectivity index (χ1v) is 4.64. The van der Waals surface area contributed by atoms with Crippen molar-refractivity contribution in [1.29, 1.82) is 0 Å². The van der Waals surface area contributed by atoms with Crippen molar-refractivity contribution in [3.05, 3.63) is 0 Å². The van der Waals surface area contributed by atoms with Crippen molar-refractivity contribution in [3.8, 4) is 0 Å². The number of hydrogen-bond acceptors (Lipinski definition) is 2. The first-order valence-electron chi connectivity index (χ1n) is 4.64. The third-order valence-corrected chi connectivity index (χ3v) is 2.62. The Bertz CT molecular complexity index is 215. The van der Waals surface area contributed by atoms with Gasteiger partial charge >= 0.3 is 5.97 Å². The van der Waals surface area contributed by atoms with Crippen molar-refractivity contribution < 1.29 is 14.7 Å². The van der Waals surface area contributed by atoms with Gasteiger partial charge in [0.05, 0.1) is 0 Å². The topological polar surface area (TPSA) is 66.4 Å². The van der Waals surface area contributed by atoms with Crippen LogP contribution in [-0.2, 0) is 9.59 Å². The average molecular weight is 185 g/mol. The number of carbonyl (C=O) groups is 2. The highest BCUT2D eigenvalue weighted by Crippen LogP contribution is 2.25. The monoisotopic (exact) mass is 185 g/mol. The predicted molar refractivity (Wildman–Crippen MR) is 47.2 cm³/mol. The maximum Gasteiger partial charge on any atom is 0.303 e. The van der Waals surface area contributed by atoms with Crippen LogP contribution in [0.15, 0.2) is 0 Å². The van der Waals surface area contributed by atoms with E-state index >= 15 is 0 Å². The summed E-state index contributed by atoms with van der Waals surface area (Å²) < 4.78 is 0. The highest BCUT2D eigenvalue weighted by molar-refractivity contribution is 5.81. The maximum absolute atomic E-state index is 11.3. The Balaban J connectivity index is 2.54. The van der Waals surface area contributed by atoms with Gasteiger partial charge in [0.1, 0.15) is 0 Å². The lowest BCUT2D eigenvalue weighted by atomic mass is 9.86. The molecule has 0 aromatic heterocycles. The Morgan fingerprint density at radius 2 is 2.46 bits per heavy atom. The van der Waals surface area contributed by atoms with Gasteiger partial charge < -0.3 is 10.4 Å². The van der Waals surface area contributed by atoms with Gasteiger partial charge in [-0.05, 0) is 12.3 Å². The molecule has 1 saturated heterocycles. The van der Waals surface area contributed by atoms with Gasteiger partial charge in [-0.3, -0.25) is 9.59 Å². The van der Waals surface area contributed by atoms with Crippen molar-refractivity contribution in [3.63, 3.8) is 0 Å². The fourth-order valence-corrected chi connectivity index (χ4v) is 1.86. The summed E-state index contributed by atoms with van der Waals surface area (Å²) in [5.41, 5.74) is 0. The number of carbonyl (C=O) groups excluding carboxylic acids is 1. The van der Waals surface area contributed by atoms with Crippen LogP contribution in [0.2, 0.25) is 0 Å². The van der Waals surface area contributed by atoms with Crippen molar-refractivity contribution in [2.24, 2.45) is 11.8 Å². The molecule has 0 spiro atoms. The summed E-state index contributed by atoms with van der Waals surface area (Å²) in [5, 5.41) is 11.4. The van der Waals surface area contributed by atoms with E-state index in [2.05, 4.69) is 5.32 Å². The van der Waals surface area contributed by atoms with E-state index < -0.39 is 5.97 Å². The lowest BCUT2D eigenvalue weighted by Gasteiger charge is -2.17. The Morgan fingerprint density at radius 1 is 1.77 bits per heavy atom. The molecule has 0 aromatic carbocycles. The van der Waals surface area contributed by atoms with Crippen LogP contribution in [0.1, 0.15) is 26.2 Å². The first kappa shape index (κ1) is 10.0. The molecular formula is C9H15NO3. The van der Waals surface area contributed by atoms with Gasteiger partial charge in [0, 0.05) is 18.9 Å². The van der Waals surface area contributed by atoms with E-state index in [0.29, 0.717) is 6.54 Å². The summed E-state index contributed by atoms with van der Waals surface area (Å²) in [6, 6.07) is 0. The molecule has 4 nitrogen and oxygen atoms in total. The number of aliphatic carboxylic acids is 1. The van der Waals surface area contributed by atoms with Crippen LogP contribution in [0.5, 0.6) is 0 Å². The summed E-state index contributed by atoms with van der Waals surface area (Å²) in [5.74, 6) is -0.874. The van der Waals surface area contributed by atoms with Crippen molar-refractivity contribution in [2.75, 3.05) is 6.54 Å². The van der Waals surface area contributed by atoms with Crippen molar-refractivity contribution in [2.45, 2.75) is 26.2 Å². The molecule has 1 fully saturated rings. The summed E-state index contributed by atoms with van der Waals surface area (Å²) in [6.45, 7) is 2.62. The molecule has 2 N–H and O–H groups in total. The molecule has 1 amide bonds. The molecule has 2 unspecified atom stereocenters. The third kappa shape index (κ3) is 2.44. The van der Waals surface area contributed by atoms with E-state index in [9.17, 15) is 9.59 Å². The number of hydrogen-bond donors (Lipinski definition) is 2. The maximum atomic E-state index is 11.3. The molecule has 0 radical (unpaired) electrons. The highest BCUT2D eigenvalue weighted by Gasteiger charge is 2.32. The Hall–Kier alpha value is -1.06. The first-order chi connectivity index (χ1) is 6.15. The second kappa shape index (κ2) is 4.25. The quantitative estimate of drug-likeness (QED) is 0.674. The minimum Gasteiger partial charge on any atom is -0.481 e. The van der Waals surface area contributed by atoms with E-state index in [1.807, 2.05) is 6.92 Å². The van der Waals surface area contributed by atoms with Gasteiger partial charge in [0.25, 0.3) is 0 Å². The molecule has 0 bridgehead atoms. The number of amides is 1. The van der Waals surface area contributed by atoms with Crippen LogP contribution in [0, 0.1) is 11.8 Å². The Morgan fingerprint density at radius 3 is 2.85 bits per heavy atom. The summed E-state index contributed by atoms with van der Waals surface area (Å²) in [7, 11) is 0. The van der Waals surface area contributed by atoms with Gasteiger partial charge in [-0.2, -0.15) is 0 Å². The molecule has 2 atom stereocenters. The number of rotatable bonds is 4. The van der Waals surface area contributed by atoms with Gasteiger partial charge in [-0.1, -0.05) is 13.3 Å². The second-order valence-electron chi connectivity index (χ2n) is 3.45. The minimum absolute atomic E-state index is 0.000000000000000222. The summed E-state index contributed by atoms with van der Waals surface area (Å²) in [4.78, 5) is 21.8. The Kier molecular flexibility index (Phi) is 3.28. The standard InChI is InChI=1S/C9H15NO3/c1-2-6(5-8(11)12)7-3-4-10-9(7)13/h6-7H,2-5H2,1H3,(H,10,13)(H,11,12). The fourth-order valence-electron chi connectivity index (χ4n) is 1.86. The van der Waals surface area contributed by atoms with Crippen LogP contribution in [0.25, 0.3) is 0 Å². The summed E-state index contributed by atoms with van der Waals surface area (Å²) >= 11 is 0. The molecular weight excluding hydrogens is 170 g/mol. The third-order valence-electron chi connectivity index (χ3n) is 2.62. The molecule has 1 aliphatic rings. The summed E-state index contributed by atoms with van der Waals surface area (Å²) in [6.07, 6.45) is 1.64. The van der Waals surface area contributed by atoms with Gasteiger partial charge in [-0.15, -0.1) is 0 Å². The highest BCUT2D eigenvalue weighted by atomic mass is 16.4. The SMILES string of the molecule is CCC(CC(=O)O)C1CCNC1=O. The zero-order valence-electron chi connectivity index (χ0n) is 7.75. The Labute approximate surface area is 77.3 Å². The average Bonchev–Trinajstić information content (AvgIpc) is 2.47. The van der Waals surface area contributed by atoms with Gasteiger partial charge in [0.15, 0.2) is 0 Å². The molecule has 4 heteroatoms. The predicted octanol–water partition coefficient (Wildman–Crippen LogP) is 0.623. The van der Waals surface area contributed by atoms with E-state index in [4.69, 9.17) is 5.11 Å². The molecule has 0 aliphatic carbocycles. The van der Waals surface area contributed by atoms with Crippen molar-refractivity contribution >= 4 is 11.9 Å². The zero-order chi connectivity index (χ0) is 9.84. The smallest absolute Gasteiger partial charge is 0.303 e. The number of carboxylic acid groups (broad SMARTS) is 1. The molecule has 13 heavy (non-hydrogen) atoms. The lowest BCUT2D eigenvalue weighted by molar-refractivity contribution is -0.139. The molecule has 0 aromatic rings. The van der Waals surface area contributed by atoms with Gasteiger partial charge in [0.2, 0.25) is 5.91 Å². The van der Waals surface area contributed by atoms with Crippen LogP contribution >= 0.6 is 0 Å². The normalized spacial score (nSPS) is 24.1. The van der Waals surface area contributed by atoms with Gasteiger partial charge in [-0.25, -0.2) is 0 Å². The van der Waals surface area contributed by atoms with E-state index in [0.717, 1.165) is 12.8 Å². The number of nitrogens with one attached hydrogen (secondary N) is 1. The molecule has 74 valence electrons. The van der Waals surface area contributed by atoms with E-state index in [-0.39, 0.29) is 24.2 Å².